The largest absolute Gasteiger partial charge is 0.545 e. The number of benzene rings is 2. The van der Waals surface area contributed by atoms with Crippen molar-refractivity contribution in [3.05, 3.63) is 64.7 Å². The SMILES string of the molecule is O=C1c2ccccc2C(=O)c2c(O[Si][Si][Si])cccc21. The van der Waals surface area contributed by atoms with Gasteiger partial charge in [-0.3, -0.25) is 9.59 Å². The number of fused-ring (bicyclic) bond motifs is 2. The van der Waals surface area contributed by atoms with Gasteiger partial charge in [0, 0.05) is 26.5 Å². The molecular weight excluding hydrogens is 300 g/mol. The fourth-order valence-corrected chi connectivity index (χ4v) is 3.55. The molecular formula is C14H7O3Si3. The molecule has 0 saturated heterocycles. The van der Waals surface area contributed by atoms with Crippen molar-refractivity contribution < 1.29 is 14.0 Å². The molecule has 0 fully saturated rings. The lowest BCUT2D eigenvalue weighted by atomic mass is 9.84. The number of carbonyl (C=O) groups excluding carboxylic acids is 2. The monoisotopic (exact) mass is 307 g/mol. The van der Waals surface area contributed by atoms with E-state index in [1.165, 1.54) is 0 Å². The molecule has 2 aromatic carbocycles. The molecule has 20 heavy (non-hydrogen) atoms. The first-order chi connectivity index (χ1) is 9.74. The highest BCUT2D eigenvalue weighted by Gasteiger charge is 2.31. The van der Waals surface area contributed by atoms with Crippen molar-refractivity contribution in [2.75, 3.05) is 0 Å². The zero-order chi connectivity index (χ0) is 14.1. The van der Waals surface area contributed by atoms with E-state index in [0.29, 0.717) is 36.6 Å². The van der Waals surface area contributed by atoms with E-state index in [9.17, 15) is 9.59 Å². The van der Waals surface area contributed by atoms with Crippen molar-refractivity contribution in [1.29, 1.82) is 0 Å². The zero-order valence-corrected chi connectivity index (χ0v) is 13.3. The summed E-state index contributed by atoms with van der Waals surface area (Å²) < 4.78 is 5.61. The van der Waals surface area contributed by atoms with Crippen molar-refractivity contribution in [3.8, 4) is 5.75 Å². The molecule has 0 amide bonds. The van der Waals surface area contributed by atoms with Crippen LogP contribution in [0.15, 0.2) is 42.5 Å². The molecule has 6 heteroatoms. The summed E-state index contributed by atoms with van der Waals surface area (Å²) >= 11 is 0. The van der Waals surface area contributed by atoms with E-state index in [-0.39, 0.29) is 20.8 Å². The molecule has 1 aliphatic carbocycles. The lowest BCUT2D eigenvalue weighted by molar-refractivity contribution is 0.0977. The van der Waals surface area contributed by atoms with Gasteiger partial charge in [-0.15, -0.1) is 0 Å². The van der Waals surface area contributed by atoms with Crippen LogP contribution < -0.4 is 4.43 Å². The van der Waals surface area contributed by atoms with Gasteiger partial charge in [-0.05, 0) is 6.07 Å². The summed E-state index contributed by atoms with van der Waals surface area (Å²) in [6, 6.07) is 12.1. The van der Waals surface area contributed by atoms with Crippen LogP contribution in [0.3, 0.4) is 0 Å². The summed E-state index contributed by atoms with van der Waals surface area (Å²) in [5, 5.41) is 0. The van der Waals surface area contributed by atoms with Crippen molar-refractivity contribution in [1.82, 2.24) is 0 Å². The molecule has 0 N–H and O–H groups in total. The van der Waals surface area contributed by atoms with Crippen LogP contribution in [0.5, 0.6) is 5.75 Å². The quantitative estimate of drug-likeness (QED) is 0.682. The van der Waals surface area contributed by atoms with Crippen LogP contribution >= 0.6 is 0 Å². The zero-order valence-electron chi connectivity index (χ0n) is 10.3. The molecule has 0 saturated carbocycles. The molecule has 0 aliphatic heterocycles. The third-order valence-electron chi connectivity index (χ3n) is 3.13. The van der Waals surface area contributed by atoms with Gasteiger partial charge >= 0.3 is 0 Å². The molecule has 0 atom stereocenters. The summed E-state index contributed by atoms with van der Waals surface area (Å²) in [5.74, 6) is 0.220. The molecule has 0 aromatic heterocycles. The minimum atomic E-state index is -0.145. The van der Waals surface area contributed by atoms with E-state index in [2.05, 4.69) is 9.76 Å². The summed E-state index contributed by atoms with van der Waals surface area (Å²) in [6.45, 7) is 0. The van der Waals surface area contributed by atoms with Crippen molar-refractivity contribution in [2.24, 2.45) is 0 Å². The maximum atomic E-state index is 12.6. The number of rotatable bonds is 3. The standard InChI is InChI=1S/C14H7O3Si3/c15-13-8-4-1-2-5-9(8)14(16)12-10(13)6-3-7-11(12)17-19-20-18/h1-7H. The van der Waals surface area contributed by atoms with Gasteiger partial charge in [0.05, 0.1) is 14.1 Å². The fourth-order valence-electron chi connectivity index (χ4n) is 2.28. The van der Waals surface area contributed by atoms with Crippen LogP contribution in [0.2, 0.25) is 0 Å². The third-order valence-corrected chi connectivity index (χ3v) is 5.08. The first-order valence-electron chi connectivity index (χ1n) is 5.89. The summed E-state index contributed by atoms with van der Waals surface area (Å²) in [6.07, 6.45) is 0. The number of hydrogen-bond donors (Lipinski definition) is 0. The van der Waals surface area contributed by atoms with Crippen molar-refractivity contribution >= 4 is 39.2 Å². The van der Waals surface area contributed by atoms with Gasteiger partial charge in [0.1, 0.15) is 5.75 Å². The maximum Gasteiger partial charge on any atom is 0.278 e. The van der Waals surface area contributed by atoms with Crippen LogP contribution in [0.1, 0.15) is 31.8 Å². The molecule has 0 heterocycles. The third kappa shape index (κ3) is 2.01. The van der Waals surface area contributed by atoms with Crippen LogP contribution in [0.25, 0.3) is 0 Å². The Morgan fingerprint density at radius 3 is 2.20 bits per heavy atom. The number of carbonyl (C=O) groups is 2. The molecule has 0 unspecified atom stereocenters. The summed E-state index contributed by atoms with van der Waals surface area (Å²) in [7, 11) is 4.05. The smallest absolute Gasteiger partial charge is 0.278 e. The van der Waals surface area contributed by atoms with Gasteiger partial charge in [0.2, 0.25) is 0 Å². The van der Waals surface area contributed by atoms with Gasteiger partial charge in [-0.2, -0.15) is 0 Å². The molecule has 0 spiro atoms. The normalized spacial score (nSPS) is 12.8. The van der Waals surface area contributed by atoms with Gasteiger partial charge in [0.15, 0.2) is 11.6 Å². The Hall–Kier alpha value is -1.77. The van der Waals surface area contributed by atoms with E-state index in [1.54, 1.807) is 42.5 Å². The molecule has 0 bridgehead atoms. The first kappa shape index (κ1) is 13.2. The van der Waals surface area contributed by atoms with Crippen molar-refractivity contribution in [2.45, 2.75) is 0 Å². The average Bonchev–Trinajstić information content (AvgIpc) is 2.50. The summed E-state index contributed by atoms with van der Waals surface area (Å²) in [4.78, 5) is 25.1. The fraction of sp³-hybridized carbons (Fsp3) is 0. The second-order valence-electron chi connectivity index (χ2n) is 4.21. The molecule has 93 valence electrons. The average molecular weight is 307 g/mol. The minimum absolute atomic E-state index is 0.121. The topological polar surface area (TPSA) is 43.4 Å². The van der Waals surface area contributed by atoms with Gasteiger partial charge in [-0.1, -0.05) is 36.4 Å². The van der Waals surface area contributed by atoms with Crippen molar-refractivity contribution in [3.63, 3.8) is 0 Å². The van der Waals surface area contributed by atoms with E-state index in [0.717, 1.165) is 0 Å². The van der Waals surface area contributed by atoms with Crippen LogP contribution in [-0.2, 0) is 0 Å². The van der Waals surface area contributed by atoms with Crippen LogP contribution in [0.4, 0.5) is 0 Å². The lowest BCUT2D eigenvalue weighted by Gasteiger charge is -2.20. The molecule has 7 radical (unpaired) electrons. The number of ketones is 2. The predicted molar refractivity (Wildman–Crippen MR) is 77.6 cm³/mol. The predicted octanol–water partition coefficient (Wildman–Crippen LogP) is 1.16. The minimum Gasteiger partial charge on any atom is -0.545 e. The molecule has 2 aromatic rings. The highest BCUT2D eigenvalue weighted by Crippen LogP contribution is 2.32. The maximum absolute atomic E-state index is 12.6. The Kier molecular flexibility index (Phi) is 3.51. The highest BCUT2D eigenvalue weighted by atomic mass is 29.5. The van der Waals surface area contributed by atoms with E-state index >= 15 is 0 Å². The Bertz CT molecular complexity index is 713. The van der Waals surface area contributed by atoms with E-state index < -0.39 is 0 Å². The summed E-state index contributed by atoms with van der Waals surface area (Å²) in [5.41, 5.74) is 1.72. The Morgan fingerprint density at radius 2 is 1.50 bits per heavy atom. The van der Waals surface area contributed by atoms with Crippen LogP contribution in [-0.4, -0.2) is 39.2 Å². The van der Waals surface area contributed by atoms with Crippen LogP contribution in [0, 0.1) is 0 Å². The Labute approximate surface area is 124 Å². The second-order valence-corrected chi connectivity index (χ2v) is 8.48. The number of hydrogen-bond acceptors (Lipinski definition) is 3. The first-order valence-corrected chi connectivity index (χ1v) is 10.3. The second kappa shape index (κ2) is 5.31. The van der Waals surface area contributed by atoms with Gasteiger partial charge in [0.25, 0.3) is 9.28 Å². The van der Waals surface area contributed by atoms with Gasteiger partial charge < -0.3 is 4.43 Å². The molecule has 1 aliphatic rings. The molecule has 3 nitrogen and oxygen atoms in total. The lowest BCUT2D eigenvalue weighted by Crippen LogP contribution is -2.23. The van der Waals surface area contributed by atoms with E-state index in [1.807, 2.05) is 0 Å². The Morgan fingerprint density at radius 1 is 0.850 bits per heavy atom. The highest BCUT2D eigenvalue weighted by molar-refractivity contribution is 7.22. The Balaban J connectivity index is 2.18. The molecule has 3 rings (SSSR count). The van der Waals surface area contributed by atoms with Gasteiger partial charge in [-0.25, -0.2) is 0 Å². The van der Waals surface area contributed by atoms with E-state index in [4.69, 9.17) is 4.43 Å².